The Labute approximate surface area is 104 Å². The van der Waals surface area contributed by atoms with Gasteiger partial charge >= 0.3 is 0 Å². The van der Waals surface area contributed by atoms with E-state index in [1.54, 1.807) is 0 Å². The van der Waals surface area contributed by atoms with Gasteiger partial charge in [-0.2, -0.15) is 0 Å². The van der Waals surface area contributed by atoms with Crippen LogP contribution in [-0.4, -0.2) is 64.6 Å². The fourth-order valence-corrected chi connectivity index (χ4v) is 1.07. The predicted molar refractivity (Wildman–Crippen MR) is 65.3 cm³/mol. The first-order valence-corrected chi connectivity index (χ1v) is 6.33. The predicted octanol–water partition coefficient (Wildman–Crippen LogP) is 0.845. The summed E-state index contributed by atoms with van der Waals surface area (Å²) < 4.78 is 20.9. The van der Waals surface area contributed by atoms with Crippen LogP contribution in [0.3, 0.4) is 0 Å². The first-order valence-electron chi connectivity index (χ1n) is 6.33. The van der Waals surface area contributed by atoms with Crippen molar-refractivity contribution in [3.8, 4) is 0 Å². The van der Waals surface area contributed by atoms with Gasteiger partial charge in [-0.25, -0.2) is 0 Å². The third kappa shape index (κ3) is 15.8. The molecule has 0 aliphatic rings. The fourth-order valence-electron chi connectivity index (χ4n) is 1.07. The molecule has 0 aromatic rings. The van der Waals surface area contributed by atoms with E-state index in [0.29, 0.717) is 46.2 Å². The molecule has 1 N–H and O–H groups in total. The van der Waals surface area contributed by atoms with E-state index in [1.165, 1.54) is 0 Å². The summed E-state index contributed by atoms with van der Waals surface area (Å²) in [6.07, 6.45) is 2.27. The van der Waals surface area contributed by atoms with Crippen LogP contribution in [0.4, 0.5) is 0 Å². The molecule has 0 unspecified atom stereocenters. The molecule has 0 heterocycles. The van der Waals surface area contributed by atoms with Gasteiger partial charge in [0.25, 0.3) is 0 Å². The maximum absolute atomic E-state index is 8.45. The third-order valence-corrected chi connectivity index (χ3v) is 1.99. The Balaban J connectivity index is 2.85. The number of aliphatic hydroxyl groups excluding tert-OH is 1. The summed E-state index contributed by atoms with van der Waals surface area (Å²) in [5, 5.41) is 8.45. The average Bonchev–Trinajstić information content (AvgIpc) is 2.35. The topological polar surface area (TPSA) is 57.2 Å². The SMILES string of the molecule is CCCCOCCOCCOCCOCCO. The van der Waals surface area contributed by atoms with Crippen molar-refractivity contribution in [2.75, 3.05) is 59.5 Å². The minimum Gasteiger partial charge on any atom is -0.394 e. The number of aliphatic hydroxyl groups is 1. The smallest absolute Gasteiger partial charge is 0.0701 e. The molecule has 0 saturated heterocycles. The van der Waals surface area contributed by atoms with E-state index < -0.39 is 0 Å². The maximum Gasteiger partial charge on any atom is 0.0701 e. The monoisotopic (exact) mass is 250 g/mol. The molecule has 0 rings (SSSR count). The van der Waals surface area contributed by atoms with Crippen molar-refractivity contribution >= 4 is 0 Å². The summed E-state index contributed by atoms with van der Waals surface area (Å²) >= 11 is 0. The van der Waals surface area contributed by atoms with Crippen LogP contribution in [0, 0.1) is 0 Å². The number of hydrogen-bond donors (Lipinski definition) is 1. The number of hydrogen-bond acceptors (Lipinski definition) is 5. The van der Waals surface area contributed by atoms with Gasteiger partial charge < -0.3 is 24.1 Å². The lowest BCUT2D eigenvalue weighted by molar-refractivity contribution is -0.00568. The second-order valence-electron chi connectivity index (χ2n) is 3.53. The van der Waals surface area contributed by atoms with E-state index >= 15 is 0 Å². The fraction of sp³-hybridized carbons (Fsp3) is 1.00. The maximum atomic E-state index is 8.45. The molecule has 0 spiro atoms. The van der Waals surface area contributed by atoms with Crippen LogP contribution in [0.15, 0.2) is 0 Å². The van der Waals surface area contributed by atoms with Crippen LogP contribution in [0.2, 0.25) is 0 Å². The van der Waals surface area contributed by atoms with Crippen LogP contribution in [0.5, 0.6) is 0 Å². The summed E-state index contributed by atoms with van der Waals surface area (Å²) in [5.74, 6) is 0. The van der Waals surface area contributed by atoms with Gasteiger partial charge in [-0.3, -0.25) is 0 Å². The molecule has 0 saturated carbocycles. The normalized spacial score (nSPS) is 10.9. The molecule has 5 heteroatoms. The number of rotatable bonds is 14. The van der Waals surface area contributed by atoms with E-state index in [0.717, 1.165) is 19.4 Å². The Morgan fingerprint density at radius 3 is 1.47 bits per heavy atom. The van der Waals surface area contributed by atoms with Crippen molar-refractivity contribution in [2.45, 2.75) is 19.8 Å². The minimum absolute atomic E-state index is 0.0567. The molecular formula is C12H26O5. The molecule has 17 heavy (non-hydrogen) atoms. The van der Waals surface area contributed by atoms with Crippen molar-refractivity contribution in [3.05, 3.63) is 0 Å². The quantitative estimate of drug-likeness (QED) is 0.463. The van der Waals surface area contributed by atoms with Gasteiger partial charge in [0, 0.05) is 6.61 Å². The molecule has 0 aromatic carbocycles. The van der Waals surface area contributed by atoms with Gasteiger partial charge in [-0.05, 0) is 6.42 Å². The second-order valence-corrected chi connectivity index (χ2v) is 3.53. The third-order valence-electron chi connectivity index (χ3n) is 1.99. The van der Waals surface area contributed by atoms with E-state index in [4.69, 9.17) is 24.1 Å². The highest BCUT2D eigenvalue weighted by Gasteiger charge is 1.92. The van der Waals surface area contributed by atoms with Crippen LogP contribution in [0.25, 0.3) is 0 Å². The molecule has 0 atom stereocenters. The Morgan fingerprint density at radius 2 is 1.06 bits per heavy atom. The standard InChI is InChI=1S/C12H26O5/c1-2-3-5-14-7-9-16-11-12-17-10-8-15-6-4-13/h13H,2-12H2,1H3. The van der Waals surface area contributed by atoms with Gasteiger partial charge in [-0.1, -0.05) is 13.3 Å². The largest absolute Gasteiger partial charge is 0.394 e. The minimum atomic E-state index is 0.0567. The first kappa shape index (κ1) is 16.8. The summed E-state index contributed by atoms with van der Waals surface area (Å²) in [6, 6.07) is 0. The Hall–Kier alpha value is -0.200. The van der Waals surface area contributed by atoms with E-state index in [1.807, 2.05) is 0 Å². The van der Waals surface area contributed by atoms with Crippen molar-refractivity contribution in [3.63, 3.8) is 0 Å². The van der Waals surface area contributed by atoms with Crippen molar-refractivity contribution in [2.24, 2.45) is 0 Å². The van der Waals surface area contributed by atoms with E-state index in [9.17, 15) is 0 Å². The average molecular weight is 250 g/mol. The Bertz CT molecular complexity index is 118. The van der Waals surface area contributed by atoms with Crippen molar-refractivity contribution in [1.82, 2.24) is 0 Å². The van der Waals surface area contributed by atoms with Crippen LogP contribution < -0.4 is 0 Å². The molecule has 104 valence electrons. The highest BCUT2D eigenvalue weighted by atomic mass is 16.6. The zero-order valence-corrected chi connectivity index (χ0v) is 10.9. The van der Waals surface area contributed by atoms with Crippen molar-refractivity contribution < 1.29 is 24.1 Å². The van der Waals surface area contributed by atoms with E-state index in [-0.39, 0.29) is 6.61 Å². The molecule has 0 amide bonds. The number of unbranched alkanes of at least 4 members (excludes halogenated alkanes) is 1. The van der Waals surface area contributed by atoms with Gasteiger partial charge in [0.1, 0.15) is 0 Å². The molecule has 0 fully saturated rings. The molecule has 0 aromatic heterocycles. The molecule has 0 aliphatic carbocycles. The summed E-state index contributed by atoms with van der Waals surface area (Å²) in [6.45, 7) is 6.86. The lowest BCUT2D eigenvalue weighted by Gasteiger charge is -2.06. The lowest BCUT2D eigenvalue weighted by Crippen LogP contribution is -2.12. The Kier molecular flexibility index (Phi) is 15.6. The van der Waals surface area contributed by atoms with Crippen LogP contribution in [0.1, 0.15) is 19.8 Å². The summed E-state index contributed by atoms with van der Waals surface area (Å²) in [4.78, 5) is 0. The molecular weight excluding hydrogens is 224 g/mol. The first-order chi connectivity index (χ1) is 8.41. The lowest BCUT2D eigenvalue weighted by atomic mass is 10.4. The van der Waals surface area contributed by atoms with Gasteiger partial charge in [-0.15, -0.1) is 0 Å². The van der Waals surface area contributed by atoms with Crippen LogP contribution >= 0.6 is 0 Å². The summed E-state index contributed by atoms with van der Waals surface area (Å²) in [7, 11) is 0. The molecule has 0 bridgehead atoms. The van der Waals surface area contributed by atoms with Crippen molar-refractivity contribution in [1.29, 1.82) is 0 Å². The molecule has 0 aliphatic heterocycles. The van der Waals surface area contributed by atoms with Crippen LogP contribution in [-0.2, 0) is 18.9 Å². The zero-order chi connectivity index (χ0) is 12.6. The molecule has 5 nitrogen and oxygen atoms in total. The van der Waals surface area contributed by atoms with Gasteiger partial charge in [0.05, 0.1) is 52.9 Å². The van der Waals surface area contributed by atoms with Gasteiger partial charge in [0.15, 0.2) is 0 Å². The molecule has 0 radical (unpaired) electrons. The van der Waals surface area contributed by atoms with Gasteiger partial charge in [0.2, 0.25) is 0 Å². The zero-order valence-electron chi connectivity index (χ0n) is 10.9. The summed E-state index contributed by atoms with van der Waals surface area (Å²) in [5.41, 5.74) is 0. The van der Waals surface area contributed by atoms with E-state index in [2.05, 4.69) is 6.92 Å². The Morgan fingerprint density at radius 1 is 0.647 bits per heavy atom. The highest BCUT2D eigenvalue weighted by molar-refractivity contribution is 4.36. The number of ether oxygens (including phenoxy) is 4. The second kappa shape index (κ2) is 15.8. The highest BCUT2D eigenvalue weighted by Crippen LogP contribution is 1.88.